The van der Waals surface area contributed by atoms with E-state index in [2.05, 4.69) is 9.47 Å². The van der Waals surface area contributed by atoms with Crippen molar-refractivity contribution in [2.24, 2.45) is 0 Å². The maximum atomic E-state index is 13.5. The van der Waals surface area contributed by atoms with E-state index in [1.54, 1.807) is 42.1 Å². The molecule has 12 heteroatoms. The summed E-state index contributed by atoms with van der Waals surface area (Å²) in [5, 5.41) is 14.2. The highest BCUT2D eigenvalue weighted by molar-refractivity contribution is 6.06. The van der Waals surface area contributed by atoms with E-state index in [-0.39, 0.29) is 34.8 Å². The number of aromatic carboxylic acids is 1. The summed E-state index contributed by atoms with van der Waals surface area (Å²) in [4.78, 5) is 26.3. The number of halogens is 2. The molecule has 6 rings (SSSR count). The number of methoxy groups -OCH3 is 1. The van der Waals surface area contributed by atoms with Crippen molar-refractivity contribution in [3.8, 4) is 28.7 Å². The number of nitrogens with zero attached hydrogens (tertiary/aromatic N) is 3. The van der Waals surface area contributed by atoms with Gasteiger partial charge in [-0.1, -0.05) is 6.07 Å². The molecule has 3 aromatic carbocycles. The second kappa shape index (κ2) is 10.6. The minimum absolute atomic E-state index is 0.0326. The number of aryl methyl sites for hydroxylation is 1. The third-order valence-electron chi connectivity index (χ3n) is 7.52. The van der Waals surface area contributed by atoms with Crippen molar-refractivity contribution in [2.75, 3.05) is 19.1 Å². The lowest BCUT2D eigenvalue weighted by Gasteiger charge is -2.26. The van der Waals surface area contributed by atoms with Gasteiger partial charge in [-0.3, -0.25) is 4.79 Å². The lowest BCUT2D eigenvalue weighted by atomic mass is 9.93. The number of carboxylic acids is 1. The van der Waals surface area contributed by atoms with Crippen molar-refractivity contribution in [1.82, 2.24) is 9.78 Å². The van der Waals surface area contributed by atoms with E-state index in [0.717, 1.165) is 29.8 Å². The Morgan fingerprint density at radius 2 is 1.88 bits per heavy atom. The molecule has 1 N–H and O–H groups in total. The fraction of sp³-hybridized carbons (Fsp3) is 0.258. The van der Waals surface area contributed by atoms with Gasteiger partial charge in [0, 0.05) is 36.0 Å². The number of hydrogen-bond donors (Lipinski definition) is 1. The molecule has 1 aromatic heterocycles. The van der Waals surface area contributed by atoms with E-state index in [1.165, 1.54) is 36.3 Å². The highest BCUT2D eigenvalue weighted by Crippen LogP contribution is 2.43. The Hall–Kier alpha value is -5.13. The van der Waals surface area contributed by atoms with E-state index in [9.17, 15) is 23.5 Å². The Morgan fingerprint density at radius 3 is 2.65 bits per heavy atom. The van der Waals surface area contributed by atoms with Crippen LogP contribution in [0.2, 0.25) is 0 Å². The van der Waals surface area contributed by atoms with Gasteiger partial charge in [-0.05, 0) is 68.7 Å². The Morgan fingerprint density at radius 1 is 1.09 bits per heavy atom. The summed E-state index contributed by atoms with van der Waals surface area (Å²) in [6.07, 6.45) is -1.76. The first-order chi connectivity index (χ1) is 20.5. The van der Waals surface area contributed by atoms with E-state index >= 15 is 0 Å². The number of carbonyl (C=O) groups excluding carboxylic acids is 1. The summed E-state index contributed by atoms with van der Waals surface area (Å²) in [7, 11) is 2.94. The van der Waals surface area contributed by atoms with Crippen LogP contribution >= 0.6 is 0 Å². The molecule has 0 bridgehead atoms. The van der Waals surface area contributed by atoms with Gasteiger partial charge in [-0.25, -0.2) is 9.48 Å². The number of carboxylic acid groups (broad SMARTS) is 1. The summed E-state index contributed by atoms with van der Waals surface area (Å²) in [5.41, 5.74) is 4.12. The number of aromatic nitrogens is 2. The third kappa shape index (κ3) is 5.20. The average Bonchev–Trinajstić information content (AvgIpc) is 3.50. The fourth-order valence-electron chi connectivity index (χ4n) is 5.44. The number of amides is 1. The SMILES string of the molecule is COc1cc(OC2CCCc3c(C)nn(-c4cccc(C(=O)N(C)c5ccc6c(c5)OC(F)(F)O6)c4)c32)ccc1C(=O)O. The zero-order valence-electron chi connectivity index (χ0n) is 23.5. The van der Waals surface area contributed by atoms with Gasteiger partial charge in [0.2, 0.25) is 0 Å². The Kier molecular flexibility index (Phi) is 6.91. The molecule has 0 fully saturated rings. The van der Waals surface area contributed by atoms with Crippen LogP contribution < -0.4 is 23.8 Å². The fourth-order valence-corrected chi connectivity index (χ4v) is 5.44. The van der Waals surface area contributed by atoms with E-state index in [0.29, 0.717) is 29.1 Å². The van der Waals surface area contributed by atoms with Gasteiger partial charge in [-0.15, -0.1) is 8.78 Å². The molecule has 1 aliphatic heterocycles. The molecule has 0 spiro atoms. The average molecular weight is 592 g/mol. The summed E-state index contributed by atoms with van der Waals surface area (Å²) in [6.45, 7) is 1.92. The lowest BCUT2D eigenvalue weighted by Crippen LogP contribution is -2.26. The molecular formula is C31H27F2N3O7. The lowest BCUT2D eigenvalue weighted by molar-refractivity contribution is -0.286. The molecule has 0 radical (unpaired) electrons. The van der Waals surface area contributed by atoms with Gasteiger partial charge in [0.15, 0.2) is 11.5 Å². The predicted octanol–water partition coefficient (Wildman–Crippen LogP) is 5.94. The molecule has 2 aliphatic rings. The smallest absolute Gasteiger partial charge is 0.496 e. The molecule has 1 atom stereocenters. The number of ether oxygens (including phenoxy) is 4. The molecule has 0 saturated heterocycles. The molecule has 2 heterocycles. The summed E-state index contributed by atoms with van der Waals surface area (Å²) >= 11 is 0. The monoisotopic (exact) mass is 591 g/mol. The van der Waals surface area contributed by atoms with E-state index in [1.807, 2.05) is 13.0 Å². The predicted molar refractivity (Wildman–Crippen MR) is 150 cm³/mol. The Bertz CT molecular complexity index is 1750. The van der Waals surface area contributed by atoms with Crippen LogP contribution in [0.4, 0.5) is 14.5 Å². The molecule has 0 saturated carbocycles. The maximum Gasteiger partial charge on any atom is 0.586 e. The first-order valence-electron chi connectivity index (χ1n) is 13.5. The van der Waals surface area contributed by atoms with Crippen LogP contribution in [0.1, 0.15) is 56.6 Å². The highest BCUT2D eigenvalue weighted by atomic mass is 19.3. The topological polar surface area (TPSA) is 112 Å². The highest BCUT2D eigenvalue weighted by Gasteiger charge is 2.43. The van der Waals surface area contributed by atoms with Crippen molar-refractivity contribution in [3.05, 3.63) is 88.7 Å². The second-order valence-corrected chi connectivity index (χ2v) is 10.2. The van der Waals surface area contributed by atoms with Gasteiger partial charge in [0.05, 0.1) is 24.2 Å². The minimum Gasteiger partial charge on any atom is -0.496 e. The molecular weight excluding hydrogens is 564 g/mol. The van der Waals surface area contributed by atoms with Gasteiger partial charge in [-0.2, -0.15) is 5.10 Å². The third-order valence-corrected chi connectivity index (χ3v) is 7.52. The van der Waals surface area contributed by atoms with Crippen LogP contribution in [-0.2, 0) is 6.42 Å². The minimum atomic E-state index is -3.76. The number of carbonyl (C=O) groups is 2. The molecule has 10 nitrogen and oxygen atoms in total. The molecule has 1 amide bonds. The van der Waals surface area contributed by atoms with Crippen LogP contribution in [-0.4, -0.2) is 47.2 Å². The van der Waals surface area contributed by atoms with Crippen molar-refractivity contribution in [1.29, 1.82) is 0 Å². The number of benzene rings is 3. The number of hydrogen-bond acceptors (Lipinski definition) is 7. The number of anilines is 1. The second-order valence-electron chi connectivity index (χ2n) is 10.2. The number of fused-ring (bicyclic) bond motifs is 2. The van der Waals surface area contributed by atoms with Crippen molar-refractivity contribution >= 4 is 17.6 Å². The van der Waals surface area contributed by atoms with Crippen LogP contribution in [0.15, 0.2) is 60.7 Å². The van der Waals surface area contributed by atoms with Crippen molar-refractivity contribution < 1.29 is 42.4 Å². The van der Waals surface area contributed by atoms with Crippen LogP contribution in [0.3, 0.4) is 0 Å². The maximum absolute atomic E-state index is 13.5. The van der Waals surface area contributed by atoms with Gasteiger partial charge < -0.3 is 29.0 Å². The van der Waals surface area contributed by atoms with E-state index < -0.39 is 12.3 Å². The van der Waals surface area contributed by atoms with Crippen LogP contribution in [0.25, 0.3) is 5.69 Å². The van der Waals surface area contributed by atoms with Gasteiger partial charge in [0.1, 0.15) is 23.2 Å². The van der Waals surface area contributed by atoms with Crippen molar-refractivity contribution in [2.45, 2.75) is 38.6 Å². The number of rotatable bonds is 7. The molecule has 1 aliphatic carbocycles. The Balaban J connectivity index is 1.30. The van der Waals surface area contributed by atoms with Crippen LogP contribution in [0, 0.1) is 6.92 Å². The quantitative estimate of drug-likeness (QED) is 0.281. The Labute approximate surface area is 245 Å². The van der Waals surface area contributed by atoms with Crippen LogP contribution in [0.5, 0.6) is 23.0 Å². The van der Waals surface area contributed by atoms with E-state index in [4.69, 9.17) is 14.6 Å². The summed E-state index contributed by atoms with van der Waals surface area (Å²) in [5.74, 6) is -1.09. The molecule has 43 heavy (non-hydrogen) atoms. The first-order valence-corrected chi connectivity index (χ1v) is 13.5. The first kappa shape index (κ1) is 28.0. The standard InChI is InChI=1S/C31H27F2N3O7/c1-17-22-8-5-9-25(41-21-11-12-23(30(38)39)26(16-21)40-3)28(22)36(34-17)20-7-4-6-18(14-20)29(37)35(2)19-10-13-24-27(15-19)43-31(32,33)42-24/h4,6-7,10-16,25H,5,8-9H2,1-3H3,(H,38,39). The molecule has 4 aromatic rings. The zero-order chi connectivity index (χ0) is 30.5. The normalized spacial score (nSPS) is 16.3. The molecule has 222 valence electrons. The summed E-state index contributed by atoms with van der Waals surface area (Å²) in [6, 6.07) is 15.7. The largest absolute Gasteiger partial charge is 0.586 e. The zero-order valence-corrected chi connectivity index (χ0v) is 23.5. The van der Waals surface area contributed by atoms with Gasteiger partial charge >= 0.3 is 12.3 Å². The van der Waals surface area contributed by atoms with Gasteiger partial charge in [0.25, 0.3) is 5.91 Å². The number of alkyl halides is 2. The van der Waals surface area contributed by atoms with Crippen molar-refractivity contribution in [3.63, 3.8) is 0 Å². The molecule has 1 unspecified atom stereocenters. The summed E-state index contributed by atoms with van der Waals surface area (Å²) < 4.78 is 49.4.